The van der Waals surface area contributed by atoms with E-state index in [0.29, 0.717) is 11.4 Å². The van der Waals surface area contributed by atoms with E-state index >= 15 is 0 Å². The lowest BCUT2D eigenvalue weighted by atomic mass is 9.88. The molecule has 0 radical (unpaired) electrons. The fraction of sp³-hybridized carbons (Fsp3) is 0.467. The molecular weight excluding hydrogens is 294 g/mol. The zero-order chi connectivity index (χ0) is 16.0. The van der Waals surface area contributed by atoms with Gasteiger partial charge in [-0.1, -0.05) is 44.5 Å². The van der Waals surface area contributed by atoms with Crippen LogP contribution in [-0.2, 0) is 16.1 Å². The van der Waals surface area contributed by atoms with Crippen molar-refractivity contribution in [1.29, 1.82) is 0 Å². The average molecular weight is 314 g/mol. The number of benzene rings is 1. The maximum Gasteiger partial charge on any atom is 0.408 e. The van der Waals surface area contributed by atoms with Crippen LogP contribution >= 0.6 is 11.6 Å². The monoisotopic (exact) mass is 313 g/mol. The van der Waals surface area contributed by atoms with Gasteiger partial charge in [0.15, 0.2) is 0 Å². The fourth-order valence-corrected chi connectivity index (χ4v) is 1.98. The van der Waals surface area contributed by atoms with Crippen LogP contribution in [0.2, 0.25) is 5.02 Å². The molecule has 0 heterocycles. The molecule has 0 aliphatic rings. The Bertz CT molecular complexity index is 511. The number of hydrogen-bond acceptors (Lipinski definition) is 3. The Morgan fingerprint density at radius 1 is 1.38 bits per heavy atom. The molecule has 6 heteroatoms. The minimum atomic E-state index is -1.08. The normalized spacial score (nSPS) is 12.6. The number of alkyl carbamates (subject to hydrolysis) is 1. The van der Waals surface area contributed by atoms with Crippen molar-refractivity contribution in [1.82, 2.24) is 5.32 Å². The number of nitrogens with one attached hydrogen (secondary N) is 1. The Kier molecular flexibility index (Phi) is 6.03. The quantitative estimate of drug-likeness (QED) is 0.873. The second-order valence-corrected chi connectivity index (χ2v) is 6.44. The Labute approximate surface area is 129 Å². The fourth-order valence-electron chi connectivity index (χ4n) is 1.77. The van der Waals surface area contributed by atoms with Crippen molar-refractivity contribution in [2.45, 2.75) is 39.8 Å². The highest BCUT2D eigenvalue weighted by Gasteiger charge is 2.26. The van der Waals surface area contributed by atoms with Gasteiger partial charge in [0.05, 0.1) is 0 Å². The van der Waals surface area contributed by atoms with Gasteiger partial charge in [0.2, 0.25) is 0 Å². The zero-order valence-electron chi connectivity index (χ0n) is 12.4. The van der Waals surface area contributed by atoms with Gasteiger partial charge in [0.1, 0.15) is 12.6 Å². The molecule has 116 valence electrons. The number of amides is 1. The molecule has 1 rings (SSSR count). The minimum absolute atomic E-state index is 0.0360. The molecule has 1 amide bonds. The molecule has 1 atom stereocenters. The van der Waals surface area contributed by atoms with Crippen molar-refractivity contribution in [3.8, 4) is 0 Å². The number of carbonyl (C=O) groups excluding carboxylic acids is 1. The Morgan fingerprint density at radius 3 is 2.57 bits per heavy atom. The summed E-state index contributed by atoms with van der Waals surface area (Å²) >= 11 is 5.82. The zero-order valence-corrected chi connectivity index (χ0v) is 13.1. The number of aliphatic carboxylic acids is 1. The molecule has 0 saturated carbocycles. The Hall–Kier alpha value is -1.75. The number of carboxylic acids is 1. The molecule has 0 aliphatic carbocycles. The van der Waals surface area contributed by atoms with Crippen LogP contribution in [0.4, 0.5) is 4.79 Å². The smallest absolute Gasteiger partial charge is 0.408 e. The van der Waals surface area contributed by atoms with Crippen molar-refractivity contribution in [2.75, 3.05) is 0 Å². The van der Waals surface area contributed by atoms with Gasteiger partial charge >= 0.3 is 12.1 Å². The number of halogens is 1. The molecular formula is C15H20ClNO4. The van der Waals surface area contributed by atoms with E-state index in [1.165, 1.54) is 0 Å². The van der Waals surface area contributed by atoms with Crippen molar-refractivity contribution in [3.63, 3.8) is 0 Å². The van der Waals surface area contributed by atoms with Crippen LogP contribution in [-0.4, -0.2) is 23.2 Å². The molecule has 0 fully saturated rings. The van der Waals surface area contributed by atoms with Crippen molar-refractivity contribution in [2.24, 2.45) is 5.41 Å². The van der Waals surface area contributed by atoms with Crippen LogP contribution in [0.25, 0.3) is 0 Å². The number of carboxylic acid groups (broad SMARTS) is 1. The predicted molar refractivity (Wildman–Crippen MR) is 80.3 cm³/mol. The van der Waals surface area contributed by atoms with Gasteiger partial charge in [0, 0.05) is 5.02 Å². The summed E-state index contributed by atoms with van der Waals surface area (Å²) < 4.78 is 5.01. The maximum absolute atomic E-state index is 11.7. The van der Waals surface area contributed by atoms with Gasteiger partial charge in [-0.15, -0.1) is 0 Å². The van der Waals surface area contributed by atoms with Crippen LogP contribution in [0.5, 0.6) is 0 Å². The highest BCUT2D eigenvalue weighted by atomic mass is 35.5. The van der Waals surface area contributed by atoms with Crippen molar-refractivity contribution in [3.05, 3.63) is 34.9 Å². The predicted octanol–water partition coefficient (Wildman–Crippen LogP) is 3.46. The molecule has 2 N–H and O–H groups in total. The van der Waals surface area contributed by atoms with Gasteiger partial charge in [-0.25, -0.2) is 9.59 Å². The third-order valence-corrected chi connectivity index (χ3v) is 2.90. The van der Waals surface area contributed by atoms with E-state index < -0.39 is 18.1 Å². The van der Waals surface area contributed by atoms with Crippen LogP contribution in [0, 0.1) is 5.41 Å². The SMILES string of the molecule is CC(C)(C)CC(NC(=O)OCc1cccc(Cl)c1)C(=O)O. The minimum Gasteiger partial charge on any atom is -0.480 e. The van der Waals surface area contributed by atoms with Crippen molar-refractivity contribution >= 4 is 23.7 Å². The first-order valence-corrected chi connectivity index (χ1v) is 6.96. The summed E-state index contributed by atoms with van der Waals surface area (Å²) in [4.78, 5) is 22.8. The largest absolute Gasteiger partial charge is 0.480 e. The summed E-state index contributed by atoms with van der Waals surface area (Å²) in [5, 5.41) is 12.0. The number of hydrogen-bond donors (Lipinski definition) is 2. The standard InChI is InChI=1S/C15H20ClNO4/c1-15(2,3)8-12(13(18)19)17-14(20)21-9-10-5-4-6-11(16)7-10/h4-7,12H,8-9H2,1-3H3,(H,17,20)(H,18,19). The molecule has 0 aliphatic heterocycles. The molecule has 1 unspecified atom stereocenters. The van der Waals surface area contributed by atoms with Crippen LogP contribution in [0.15, 0.2) is 24.3 Å². The lowest BCUT2D eigenvalue weighted by molar-refractivity contribution is -0.140. The molecule has 0 spiro atoms. The Morgan fingerprint density at radius 2 is 2.05 bits per heavy atom. The second-order valence-electron chi connectivity index (χ2n) is 6.01. The summed E-state index contributed by atoms with van der Waals surface area (Å²) in [6.45, 7) is 5.75. The topological polar surface area (TPSA) is 75.6 Å². The molecule has 5 nitrogen and oxygen atoms in total. The second kappa shape index (κ2) is 7.31. The third-order valence-electron chi connectivity index (χ3n) is 2.67. The van der Waals surface area contributed by atoms with Crippen LogP contribution in [0.3, 0.4) is 0 Å². The van der Waals surface area contributed by atoms with E-state index in [-0.39, 0.29) is 12.0 Å². The molecule has 0 aromatic heterocycles. The van der Waals surface area contributed by atoms with Gasteiger partial charge in [-0.2, -0.15) is 0 Å². The van der Waals surface area contributed by atoms with E-state index in [9.17, 15) is 9.59 Å². The maximum atomic E-state index is 11.7. The first-order chi connectivity index (χ1) is 9.67. The number of carbonyl (C=O) groups is 2. The average Bonchev–Trinajstić information content (AvgIpc) is 2.34. The summed E-state index contributed by atoms with van der Waals surface area (Å²) in [5.41, 5.74) is 0.517. The molecule has 21 heavy (non-hydrogen) atoms. The summed E-state index contributed by atoms with van der Waals surface area (Å²) in [6.07, 6.45) is -0.444. The highest BCUT2D eigenvalue weighted by Crippen LogP contribution is 2.21. The van der Waals surface area contributed by atoms with E-state index in [1.807, 2.05) is 20.8 Å². The first-order valence-electron chi connectivity index (χ1n) is 6.58. The van der Waals surface area contributed by atoms with Gasteiger partial charge in [-0.05, 0) is 29.5 Å². The highest BCUT2D eigenvalue weighted by molar-refractivity contribution is 6.30. The van der Waals surface area contributed by atoms with E-state index in [1.54, 1.807) is 24.3 Å². The molecule has 1 aromatic carbocycles. The lowest BCUT2D eigenvalue weighted by Gasteiger charge is -2.23. The number of rotatable bonds is 5. The Balaban J connectivity index is 2.53. The number of ether oxygens (including phenoxy) is 1. The van der Waals surface area contributed by atoms with E-state index in [0.717, 1.165) is 5.56 Å². The van der Waals surface area contributed by atoms with Crippen LogP contribution in [0.1, 0.15) is 32.8 Å². The lowest BCUT2D eigenvalue weighted by Crippen LogP contribution is -2.43. The molecule has 0 saturated heterocycles. The first kappa shape index (κ1) is 17.3. The summed E-state index contributed by atoms with van der Waals surface area (Å²) in [6, 6.07) is 5.94. The molecule has 0 bridgehead atoms. The van der Waals surface area contributed by atoms with E-state index in [4.69, 9.17) is 21.4 Å². The summed E-state index contributed by atoms with van der Waals surface area (Å²) in [5.74, 6) is -1.08. The van der Waals surface area contributed by atoms with E-state index in [2.05, 4.69) is 5.32 Å². The van der Waals surface area contributed by atoms with Gasteiger partial charge in [0.25, 0.3) is 0 Å². The van der Waals surface area contributed by atoms with Gasteiger partial charge < -0.3 is 15.2 Å². The van der Waals surface area contributed by atoms with Gasteiger partial charge in [-0.3, -0.25) is 0 Å². The van der Waals surface area contributed by atoms with Crippen molar-refractivity contribution < 1.29 is 19.4 Å². The molecule has 1 aromatic rings. The third kappa shape index (κ3) is 6.99. The summed E-state index contributed by atoms with van der Waals surface area (Å²) in [7, 11) is 0. The van der Waals surface area contributed by atoms with Crippen LogP contribution < -0.4 is 5.32 Å².